The van der Waals surface area contributed by atoms with Gasteiger partial charge in [0.1, 0.15) is 5.75 Å². The summed E-state index contributed by atoms with van der Waals surface area (Å²) in [7, 11) is 1.72. The molecule has 4 heteroatoms. The standard InChI is InChI=1S/C20H25NO3/c1-15(12-17-6-3-4-7-18(17)22-2)21-14-16-8-9-19-20(13-16)24-11-5-10-23-19/h3-4,6-9,13,15,21H,5,10-12,14H2,1-2H3. The van der Waals surface area contributed by atoms with Crippen molar-refractivity contribution in [3.05, 3.63) is 53.6 Å². The van der Waals surface area contributed by atoms with Gasteiger partial charge in [-0.1, -0.05) is 24.3 Å². The second-order valence-electron chi connectivity index (χ2n) is 6.13. The number of para-hydroxylation sites is 1. The van der Waals surface area contributed by atoms with Crippen LogP contribution in [-0.4, -0.2) is 26.4 Å². The summed E-state index contributed by atoms with van der Waals surface area (Å²) in [4.78, 5) is 0. The van der Waals surface area contributed by atoms with Gasteiger partial charge in [-0.3, -0.25) is 0 Å². The Kier molecular flexibility index (Phi) is 5.59. The fraction of sp³-hybridized carbons (Fsp3) is 0.400. The third-order valence-electron chi connectivity index (χ3n) is 4.19. The van der Waals surface area contributed by atoms with Crippen LogP contribution in [0.5, 0.6) is 17.2 Å². The first-order valence-corrected chi connectivity index (χ1v) is 8.50. The minimum absolute atomic E-state index is 0.345. The Morgan fingerprint density at radius 2 is 1.88 bits per heavy atom. The third kappa shape index (κ3) is 4.20. The van der Waals surface area contributed by atoms with Crippen LogP contribution in [0.1, 0.15) is 24.5 Å². The molecule has 0 aromatic heterocycles. The smallest absolute Gasteiger partial charge is 0.161 e. The fourth-order valence-corrected chi connectivity index (χ4v) is 2.88. The Labute approximate surface area is 143 Å². The molecule has 1 N–H and O–H groups in total. The highest BCUT2D eigenvalue weighted by Crippen LogP contribution is 2.30. The van der Waals surface area contributed by atoms with Crippen LogP contribution in [-0.2, 0) is 13.0 Å². The molecule has 0 amide bonds. The summed E-state index contributed by atoms with van der Waals surface area (Å²) in [5, 5.41) is 3.57. The Morgan fingerprint density at radius 3 is 2.71 bits per heavy atom. The molecule has 0 saturated carbocycles. The summed E-state index contributed by atoms with van der Waals surface area (Å²) in [6.45, 7) is 4.43. The number of rotatable bonds is 6. The summed E-state index contributed by atoms with van der Waals surface area (Å²) in [5.74, 6) is 2.64. The minimum Gasteiger partial charge on any atom is -0.496 e. The average Bonchev–Trinajstić information content (AvgIpc) is 2.85. The van der Waals surface area contributed by atoms with Gasteiger partial charge < -0.3 is 19.5 Å². The number of fused-ring (bicyclic) bond motifs is 1. The maximum absolute atomic E-state index is 5.75. The molecule has 24 heavy (non-hydrogen) atoms. The molecule has 0 bridgehead atoms. The van der Waals surface area contributed by atoms with Crippen molar-refractivity contribution in [3.63, 3.8) is 0 Å². The topological polar surface area (TPSA) is 39.7 Å². The van der Waals surface area contributed by atoms with E-state index in [1.54, 1.807) is 7.11 Å². The number of ether oxygens (including phenoxy) is 3. The molecule has 2 aromatic rings. The average molecular weight is 327 g/mol. The van der Waals surface area contributed by atoms with Crippen LogP contribution in [0.15, 0.2) is 42.5 Å². The highest BCUT2D eigenvalue weighted by Gasteiger charge is 2.12. The lowest BCUT2D eigenvalue weighted by molar-refractivity contribution is 0.297. The summed E-state index contributed by atoms with van der Waals surface area (Å²) in [6.07, 6.45) is 1.85. The molecular weight excluding hydrogens is 302 g/mol. The lowest BCUT2D eigenvalue weighted by Gasteiger charge is -2.16. The van der Waals surface area contributed by atoms with E-state index in [-0.39, 0.29) is 0 Å². The molecule has 3 rings (SSSR count). The van der Waals surface area contributed by atoms with E-state index >= 15 is 0 Å². The molecule has 2 aromatic carbocycles. The summed E-state index contributed by atoms with van der Waals surface area (Å²) in [6, 6.07) is 14.7. The van der Waals surface area contributed by atoms with Crippen LogP contribution in [0.25, 0.3) is 0 Å². The number of hydrogen-bond donors (Lipinski definition) is 1. The first-order chi connectivity index (χ1) is 11.8. The van der Waals surface area contributed by atoms with Gasteiger partial charge in [-0.05, 0) is 42.7 Å². The van der Waals surface area contributed by atoms with Gasteiger partial charge in [0.25, 0.3) is 0 Å². The summed E-state index contributed by atoms with van der Waals surface area (Å²) < 4.78 is 16.9. The SMILES string of the molecule is COc1ccccc1CC(C)NCc1ccc2c(c1)OCCCO2. The largest absolute Gasteiger partial charge is 0.496 e. The van der Waals surface area contributed by atoms with E-state index in [1.807, 2.05) is 24.3 Å². The molecule has 0 aliphatic carbocycles. The zero-order valence-electron chi connectivity index (χ0n) is 14.4. The van der Waals surface area contributed by atoms with Crippen molar-refractivity contribution < 1.29 is 14.2 Å². The second-order valence-corrected chi connectivity index (χ2v) is 6.13. The molecule has 0 radical (unpaired) electrons. The maximum atomic E-state index is 5.75. The van der Waals surface area contributed by atoms with E-state index < -0.39 is 0 Å². The van der Waals surface area contributed by atoms with Gasteiger partial charge in [-0.2, -0.15) is 0 Å². The van der Waals surface area contributed by atoms with Gasteiger partial charge in [0.05, 0.1) is 20.3 Å². The molecule has 0 spiro atoms. The fourth-order valence-electron chi connectivity index (χ4n) is 2.88. The summed E-state index contributed by atoms with van der Waals surface area (Å²) in [5.41, 5.74) is 2.42. The van der Waals surface area contributed by atoms with Gasteiger partial charge in [0.2, 0.25) is 0 Å². The van der Waals surface area contributed by atoms with Crippen molar-refractivity contribution in [2.24, 2.45) is 0 Å². The van der Waals surface area contributed by atoms with Crippen molar-refractivity contribution in [3.8, 4) is 17.2 Å². The zero-order chi connectivity index (χ0) is 16.8. The van der Waals surface area contributed by atoms with Crippen molar-refractivity contribution in [2.75, 3.05) is 20.3 Å². The van der Waals surface area contributed by atoms with E-state index in [0.29, 0.717) is 12.6 Å². The molecule has 1 heterocycles. The Balaban J connectivity index is 1.58. The quantitative estimate of drug-likeness (QED) is 0.880. The van der Waals surface area contributed by atoms with E-state index in [9.17, 15) is 0 Å². The molecule has 1 unspecified atom stereocenters. The predicted octanol–water partition coefficient (Wildman–Crippen LogP) is 3.58. The Bertz CT molecular complexity index is 672. The van der Waals surface area contributed by atoms with E-state index in [0.717, 1.165) is 43.2 Å². The maximum Gasteiger partial charge on any atom is 0.161 e. The van der Waals surface area contributed by atoms with Crippen LogP contribution in [0.4, 0.5) is 0 Å². The van der Waals surface area contributed by atoms with Crippen LogP contribution in [0.2, 0.25) is 0 Å². The van der Waals surface area contributed by atoms with Crippen molar-refractivity contribution in [1.82, 2.24) is 5.32 Å². The highest BCUT2D eigenvalue weighted by atomic mass is 16.5. The monoisotopic (exact) mass is 327 g/mol. The molecule has 1 atom stereocenters. The number of benzene rings is 2. The normalized spacial score (nSPS) is 14.8. The lowest BCUT2D eigenvalue weighted by Crippen LogP contribution is -2.27. The molecular formula is C20H25NO3. The molecule has 128 valence electrons. The first kappa shape index (κ1) is 16.7. The first-order valence-electron chi connectivity index (χ1n) is 8.50. The van der Waals surface area contributed by atoms with Crippen molar-refractivity contribution in [1.29, 1.82) is 0 Å². The highest BCUT2D eigenvalue weighted by molar-refractivity contribution is 5.43. The van der Waals surface area contributed by atoms with Gasteiger partial charge in [0, 0.05) is 19.0 Å². The van der Waals surface area contributed by atoms with Crippen molar-refractivity contribution >= 4 is 0 Å². The summed E-state index contributed by atoms with van der Waals surface area (Å²) >= 11 is 0. The molecule has 1 aliphatic heterocycles. The van der Waals surface area contributed by atoms with Gasteiger partial charge in [0.15, 0.2) is 11.5 Å². The molecule has 4 nitrogen and oxygen atoms in total. The van der Waals surface area contributed by atoms with E-state index in [2.05, 4.69) is 30.4 Å². The van der Waals surface area contributed by atoms with Crippen molar-refractivity contribution in [2.45, 2.75) is 32.4 Å². The van der Waals surface area contributed by atoms with Crippen LogP contribution >= 0.6 is 0 Å². The minimum atomic E-state index is 0.345. The van der Waals surface area contributed by atoms with E-state index in [4.69, 9.17) is 14.2 Å². The van der Waals surface area contributed by atoms with Gasteiger partial charge in [-0.25, -0.2) is 0 Å². The van der Waals surface area contributed by atoms with Crippen LogP contribution in [0.3, 0.4) is 0 Å². The molecule has 0 fully saturated rings. The van der Waals surface area contributed by atoms with Crippen LogP contribution in [0, 0.1) is 0 Å². The predicted molar refractivity (Wildman–Crippen MR) is 95.0 cm³/mol. The lowest BCUT2D eigenvalue weighted by atomic mass is 10.1. The molecule has 0 saturated heterocycles. The third-order valence-corrected chi connectivity index (χ3v) is 4.19. The van der Waals surface area contributed by atoms with Gasteiger partial charge >= 0.3 is 0 Å². The number of hydrogen-bond acceptors (Lipinski definition) is 4. The zero-order valence-corrected chi connectivity index (χ0v) is 14.4. The Hall–Kier alpha value is -2.20. The molecule has 1 aliphatic rings. The van der Waals surface area contributed by atoms with Crippen LogP contribution < -0.4 is 19.5 Å². The van der Waals surface area contributed by atoms with E-state index in [1.165, 1.54) is 11.1 Å². The number of nitrogens with one attached hydrogen (secondary N) is 1. The second kappa shape index (κ2) is 8.06. The number of methoxy groups -OCH3 is 1. The Morgan fingerprint density at radius 1 is 1.08 bits per heavy atom. The van der Waals surface area contributed by atoms with Gasteiger partial charge in [-0.15, -0.1) is 0 Å².